The molecule has 2 rings (SSSR count). The molecule has 0 spiro atoms. The van der Waals surface area contributed by atoms with Gasteiger partial charge in [0.1, 0.15) is 0 Å². The molecule has 1 aromatic heterocycles. The molecule has 88 valence electrons. The minimum atomic E-state index is -0.294. The SMILES string of the molecule is CC(C)OC1CN(c2ncc(Br)cc2F)C1. The molecule has 5 heteroatoms. The zero-order valence-corrected chi connectivity index (χ0v) is 10.9. The summed E-state index contributed by atoms with van der Waals surface area (Å²) in [6.45, 7) is 5.43. The number of aromatic nitrogens is 1. The summed E-state index contributed by atoms with van der Waals surface area (Å²) in [5.74, 6) is 0.115. The third kappa shape index (κ3) is 2.52. The molecule has 0 aliphatic carbocycles. The Kier molecular flexibility index (Phi) is 3.44. The zero-order valence-electron chi connectivity index (χ0n) is 9.28. The minimum absolute atomic E-state index is 0.199. The molecule has 0 unspecified atom stereocenters. The first kappa shape index (κ1) is 11.8. The van der Waals surface area contributed by atoms with Crippen LogP contribution in [0.15, 0.2) is 16.7 Å². The molecular weight excluding hydrogens is 275 g/mol. The largest absolute Gasteiger partial charge is 0.372 e. The topological polar surface area (TPSA) is 25.4 Å². The number of rotatable bonds is 3. The molecule has 0 atom stereocenters. The highest BCUT2D eigenvalue weighted by molar-refractivity contribution is 9.10. The first-order valence-electron chi connectivity index (χ1n) is 5.27. The average molecular weight is 289 g/mol. The molecule has 1 aromatic rings. The standard InChI is InChI=1S/C11H14BrFN2O/c1-7(2)16-9-5-15(6-9)11-10(13)3-8(12)4-14-11/h3-4,7,9H,5-6H2,1-2H3. The highest BCUT2D eigenvalue weighted by Crippen LogP contribution is 2.25. The maximum atomic E-state index is 13.5. The molecule has 0 amide bonds. The lowest BCUT2D eigenvalue weighted by Gasteiger charge is -2.40. The van der Waals surface area contributed by atoms with E-state index in [-0.39, 0.29) is 18.0 Å². The van der Waals surface area contributed by atoms with Crippen molar-refractivity contribution >= 4 is 21.7 Å². The number of hydrogen-bond acceptors (Lipinski definition) is 3. The highest BCUT2D eigenvalue weighted by atomic mass is 79.9. The highest BCUT2D eigenvalue weighted by Gasteiger charge is 2.30. The summed E-state index contributed by atoms with van der Waals surface area (Å²) in [4.78, 5) is 5.95. The van der Waals surface area contributed by atoms with Crippen molar-refractivity contribution in [2.75, 3.05) is 18.0 Å². The normalized spacial score (nSPS) is 16.7. The fourth-order valence-corrected chi connectivity index (χ4v) is 2.03. The first-order chi connectivity index (χ1) is 7.56. The van der Waals surface area contributed by atoms with Crippen molar-refractivity contribution in [2.24, 2.45) is 0 Å². The number of halogens is 2. The van der Waals surface area contributed by atoms with E-state index in [0.29, 0.717) is 23.4 Å². The van der Waals surface area contributed by atoms with Gasteiger partial charge in [0.15, 0.2) is 11.6 Å². The van der Waals surface area contributed by atoms with E-state index in [1.165, 1.54) is 6.07 Å². The van der Waals surface area contributed by atoms with Crippen LogP contribution in [-0.4, -0.2) is 30.3 Å². The third-order valence-corrected chi connectivity index (χ3v) is 2.83. The van der Waals surface area contributed by atoms with Crippen LogP contribution in [0.3, 0.4) is 0 Å². The van der Waals surface area contributed by atoms with Crippen LogP contribution in [0.2, 0.25) is 0 Å². The van der Waals surface area contributed by atoms with Crippen molar-refractivity contribution in [1.29, 1.82) is 0 Å². The van der Waals surface area contributed by atoms with Gasteiger partial charge in [-0.2, -0.15) is 0 Å². The fraction of sp³-hybridized carbons (Fsp3) is 0.545. The molecule has 16 heavy (non-hydrogen) atoms. The van der Waals surface area contributed by atoms with Crippen molar-refractivity contribution in [3.8, 4) is 0 Å². The van der Waals surface area contributed by atoms with Gasteiger partial charge in [-0.1, -0.05) is 0 Å². The van der Waals surface area contributed by atoms with E-state index >= 15 is 0 Å². The smallest absolute Gasteiger partial charge is 0.166 e. The Labute approximate surface area is 103 Å². The molecule has 3 nitrogen and oxygen atoms in total. The maximum absolute atomic E-state index is 13.5. The molecule has 0 aromatic carbocycles. The van der Waals surface area contributed by atoms with Gasteiger partial charge in [-0.05, 0) is 35.8 Å². The van der Waals surface area contributed by atoms with Crippen molar-refractivity contribution in [1.82, 2.24) is 4.98 Å². The number of anilines is 1. The van der Waals surface area contributed by atoms with E-state index in [9.17, 15) is 4.39 Å². The monoisotopic (exact) mass is 288 g/mol. The summed E-state index contributed by atoms with van der Waals surface area (Å²) in [7, 11) is 0. The Morgan fingerprint density at radius 2 is 2.25 bits per heavy atom. The third-order valence-electron chi connectivity index (χ3n) is 2.40. The molecule has 0 saturated carbocycles. The van der Waals surface area contributed by atoms with Gasteiger partial charge < -0.3 is 9.64 Å². The van der Waals surface area contributed by atoms with Crippen molar-refractivity contribution in [3.05, 3.63) is 22.6 Å². The average Bonchev–Trinajstić information content (AvgIpc) is 2.11. The Balaban J connectivity index is 1.96. The van der Waals surface area contributed by atoms with Gasteiger partial charge in [-0.15, -0.1) is 0 Å². The van der Waals surface area contributed by atoms with Crippen LogP contribution in [-0.2, 0) is 4.74 Å². The van der Waals surface area contributed by atoms with Gasteiger partial charge in [0.2, 0.25) is 0 Å². The van der Waals surface area contributed by atoms with Crippen LogP contribution in [0.25, 0.3) is 0 Å². The second-order valence-corrected chi connectivity index (χ2v) is 5.09. The van der Waals surface area contributed by atoms with Crippen LogP contribution < -0.4 is 4.90 Å². The predicted molar refractivity (Wildman–Crippen MR) is 64.1 cm³/mol. The van der Waals surface area contributed by atoms with Gasteiger partial charge in [-0.3, -0.25) is 0 Å². The lowest BCUT2D eigenvalue weighted by atomic mass is 10.1. The molecule has 1 aliphatic rings. The van der Waals surface area contributed by atoms with Gasteiger partial charge in [0, 0.05) is 23.8 Å². The molecule has 1 saturated heterocycles. The van der Waals surface area contributed by atoms with E-state index in [4.69, 9.17) is 4.74 Å². The Hall–Kier alpha value is -0.680. The van der Waals surface area contributed by atoms with Gasteiger partial charge in [0.25, 0.3) is 0 Å². The lowest BCUT2D eigenvalue weighted by Crippen LogP contribution is -2.53. The van der Waals surface area contributed by atoms with Crippen molar-refractivity contribution < 1.29 is 9.13 Å². The maximum Gasteiger partial charge on any atom is 0.166 e. The quantitative estimate of drug-likeness (QED) is 0.855. The Morgan fingerprint density at radius 3 is 2.81 bits per heavy atom. The van der Waals surface area contributed by atoms with E-state index in [1.807, 2.05) is 18.7 Å². The molecular formula is C11H14BrFN2O. The predicted octanol–water partition coefficient (Wildman–Crippen LogP) is 2.60. The van der Waals surface area contributed by atoms with Crippen LogP contribution in [0.4, 0.5) is 10.2 Å². The summed E-state index contributed by atoms with van der Waals surface area (Å²) in [5.41, 5.74) is 0. The second-order valence-electron chi connectivity index (χ2n) is 4.17. The molecule has 1 fully saturated rings. The molecule has 0 N–H and O–H groups in total. The van der Waals surface area contributed by atoms with Crippen LogP contribution >= 0.6 is 15.9 Å². The first-order valence-corrected chi connectivity index (χ1v) is 6.07. The molecule has 0 radical (unpaired) electrons. The number of hydrogen-bond donors (Lipinski definition) is 0. The summed E-state index contributed by atoms with van der Waals surface area (Å²) in [6, 6.07) is 1.43. The number of ether oxygens (including phenoxy) is 1. The Morgan fingerprint density at radius 1 is 1.56 bits per heavy atom. The van der Waals surface area contributed by atoms with Gasteiger partial charge in [-0.25, -0.2) is 9.37 Å². The minimum Gasteiger partial charge on any atom is -0.372 e. The summed E-state index contributed by atoms with van der Waals surface area (Å²) >= 11 is 3.18. The molecule has 1 aliphatic heterocycles. The van der Waals surface area contributed by atoms with E-state index in [2.05, 4.69) is 20.9 Å². The van der Waals surface area contributed by atoms with Crippen LogP contribution in [0.5, 0.6) is 0 Å². The molecule has 2 heterocycles. The Bertz CT molecular complexity index is 380. The number of pyridine rings is 1. The zero-order chi connectivity index (χ0) is 11.7. The van der Waals surface area contributed by atoms with E-state index in [1.54, 1.807) is 6.20 Å². The van der Waals surface area contributed by atoms with Crippen LogP contribution in [0, 0.1) is 5.82 Å². The van der Waals surface area contributed by atoms with E-state index in [0.717, 1.165) is 0 Å². The summed E-state index contributed by atoms with van der Waals surface area (Å²) in [6.07, 6.45) is 2.02. The lowest BCUT2D eigenvalue weighted by molar-refractivity contribution is -0.00766. The summed E-state index contributed by atoms with van der Waals surface area (Å²) in [5, 5.41) is 0. The fourth-order valence-electron chi connectivity index (χ4n) is 1.72. The second kappa shape index (κ2) is 4.67. The van der Waals surface area contributed by atoms with Gasteiger partial charge in [0.05, 0.1) is 12.2 Å². The van der Waals surface area contributed by atoms with Crippen molar-refractivity contribution in [3.63, 3.8) is 0 Å². The van der Waals surface area contributed by atoms with Gasteiger partial charge >= 0.3 is 0 Å². The van der Waals surface area contributed by atoms with Crippen LogP contribution in [0.1, 0.15) is 13.8 Å². The van der Waals surface area contributed by atoms with Crippen molar-refractivity contribution in [2.45, 2.75) is 26.1 Å². The molecule has 0 bridgehead atoms. The summed E-state index contributed by atoms with van der Waals surface area (Å²) < 4.78 is 19.8. The van der Waals surface area contributed by atoms with E-state index < -0.39 is 0 Å². The number of nitrogens with zero attached hydrogens (tertiary/aromatic N) is 2.